The smallest absolute Gasteiger partial charge is 0.292 e. The summed E-state index contributed by atoms with van der Waals surface area (Å²) < 4.78 is 11.3. The van der Waals surface area contributed by atoms with Gasteiger partial charge in [-0.15, -0.1) is 0 Å². The molecule has 3 rings (SSSR count). The summed E-state index contributed by atoms with van der Waals surface area (Å²) >= 11 is 0. The molecule has 8 heteroatoms. The maximum Gasteiger partial charge on any atom is 0.292 e. The Morgan fingerprint density at radius 1 is 1.29 bits per heavy atom. The Balaban J connectivity index is 1.62. The van der Waals surface area contributed by atoms with Crippen molar-refractivity contribution in [2.75, 3.05) is 18.9 Å². The van der Waals surface area contributed by atoms with Gasteiger partial charge in [0.2, 0.25) is 0 Å². The molecule has 0 fully saturated rings. The van der Waals surface area contributed by atoms with Gasteiger partial charge >= 0.3 is 0 Å². The van der Waals surface area contributed by atoms with Crippen molar-refractivity contribution in [2.24, 2.45) is 0 Å². The number of fused-ring (bicyclic) bond motifs is 1. The van der Waals surface area contributed by atoms with Crippen LogP contribution in [-0.2, 0) is 0 Å². The summed E-state index contributed by atoms with van der Waals surface area (Å²) in [6.45, 7) is 0.518. The number of nitrogen functional groups attached to an aromatic ring is 1. The molecule has 0 radical (unpaired) electrons. The fourth-order valence-corrected chi connectivity index (χ4v) is 2.32. The van der Waals surface area contributed by atoms with Gasteiger partial charge in [-0.2, -0.15) is 0 Å². The quantitative estimate of drug-likeness (QED) is 0.501. The number of nitro benzene ring substituents is 1. The second-order valence-electron chi connectivity index (χ2n) is 5.24. The Bertz CT molecular complexity index is 793. The normalized spacial score (nSPS) is 15.6. The fourth-order valence-electron chi connectivity index (χ4n) is 2.32. The monoisotopic (exact) mass is 329 g/mol. The van der Waals surface area contributed by atoms with E-state index in [4.69, 9.17) is 15.2 Å². The number of nitrogens with one attached hydrogen (secondary N) is 1. The lowest BCUT2D eigenvalue weighted by atomic mass is 10.1. The number of hydrogen-bond donors (Lipinski definition) is 2. The molecule has 0 saturated heterocycles. The highest BCUT2D eigenvalue weighted by atomic mass is 16.6. The van der Waals surface area contributed by atoms with Crippen LogP contribution < -0.4 is 20.5 Å². The molecule has 1 unspecified atom stereocenters. The Labute approximate surface area is 137 Å². The van der Waals surface area contributed by atoms with E-state index in [9.17, 15) is 14.9 Å². The molecule has 24 heavy (non-hydrogen) atoms. The Kier molecular flexibility index (Phi) is 4.19. The minimum atomic E-state index is -0.624. The molecule has 1 heterocycles. The largest absolute Gasteiger partial charge is 0.486 e. The lowest BCUT2D eigenvalue weighted by Gasteiger charge is -2.26. The van der Waals surface area contributed by atoms with Crippen LogP contribution in [0.25, 0.3) is 0 Å². The molecular formula is C16H15N3O5. The van der Waals surface area contributed by atoms with E-state index in [0.717, 1.165) is 6.07 Å². The van der Waals surface area contributed by atoms with E-state index in [-0.39, 0.29) is 29.6 Å². The van der Waals surface area contributed by atoms with Crippen LogP contribution in [0.1, 0.15) is 10.4 Å². The van der Waals surface area contributed by atoms with Crippen molar-refractivity contribution >= 4 is 17.3 Å². The van der Waals surface area contributed by atoms with E-state index in [2.05, 4.69) is 5.32 Å². The summed E-state index contributed by atoms with van der Waals surface area (Å²) in [6, 6.07) is 11.2. The lowest BCUT2D eigenvalue weighted by molar-refractivity contribution is -0.383. The molecule has 0 aromatic heterocycles. The van der Waals surface area contributed by atoms with Gasteiger partial charge in [-0.25, -0.2) is 0 Å². The number of nitrogens with two attached hydrogens (primary N) is 1. The first-order valence-electron chi connectivity index (χ1n) is 7.25. The number of carbonyl (C=O) groups is 1. The van der Waals surface area contributed by atoms with E-state index in [1.165, 1.54) is 12.1 Å². The van der Waals surface area contributed by atoms with E-state index in [1.54, 1.807) is 12.1 Å². The lowest BCUT2D eigenvalue weighted by Crippen LogP contribution is -2.40. The number of amides is 1. The number of anilines is 1. The minimum Gasteiger partial charge on any atom is -0.486 e. The van der Waals surface area contributed by atoms with Crippen LogP contribution >= 0.6 is 0 Å². The number of hydrogen-bond acceptors (Lipinski definition) is 6. The average molecular weight is 329 g/mol. The molecule has 1 aliphatic heterocycles. The standard InChI is InChI=1S/C16H15N3O5/c17-12-6-5-10(7-13(12)19(21)22)16(20)18-8-11-9-23-14-3-1-2-4-15(14)24-11/h1-7,11H,8-9,17H2,(H,18,20). The number of nitrogens with zero attached hydrogens (tertiary/aromatic N) is 1. The number of carbonyl (C=O) groups excluding carboxylic acids is 1. The Morgan fingerprint density at radius 3 is 2.79 bits per heavy atom. The zero-order valence-corrected chi connectivity index (χ0v) is 12.6. The molecular weight excluding hydrogens is 314 g/mol. The molecule has 2 aromatic carbocycles. The van der Waals surface area contributed by atoms with Crippen LogP contribution in [0.5, 0.6) is 11.5 Å². The highest BCUT2D eigenvalue weighted by Crippen LogP contribution is 2.30. The third kappa shape index (κ3) is 3.22. The second-order valence-corrected chi connectivity index (χ2v) is 5.24. The summed E-state index contributed by atoms with van der Waals surface area (Å²) in [4.78, 5) is 22.4. The Morgan fingerprint density at radius 2 is 2.04 bits per heavy atom. The third-order valence-corrected chi connectivity index (χ3v) is 3.55. The molecule has 0 saturated carbocycles. The van der Waals surface area contributed by atoms with Gasteiger partial charge in [0, 0.05) is 11.6 Å². The first kappa shape index (κ1) is 15.6. The first-order valence-corrected chi connectivity index (χ1v) is 7.25. The van der Waals surface area contributed by atoms with Gasteiger partial charge in [0.25, 0.3) is 11.6 Å². The maximum absolute atomic E-state index is 12.1. The highest BCUT2D eigenvalue weighted by molar-refractivity contribution is 5.95. The van der Waals surface area contributed by atoms with Crippen molar-refractivity contribution < 1.29 is 19.2 Å². The zero-order valence-electron chi connectivity index (χ0n) is 12.6. The molecule has 124 valence electrons. The van der Waals surface area contributed by atoms with Crippen molar-refractivity contribution in [1.29, 1.82) is 0 Å². The van der Waals surface area contributed by atoms with Crippen molar-refractivity contribution in [3.05, 3.63) is 58.1 Å². The summed E-state index contributed by atoms with van der Waals surface area (Å²) in [5.41, 5.74) is 5.39. The molecule has 1 atom stereocenters. The van der Waals surface area contributed by atoms with Gasteiger partial charge in [-0.05, 0) is 24.3 Å². The molecule has 1 amide bonds. The van der Waals surface area contributed by atoms with E-state index < -0.39 is 10.8 Å². The van der Waals surface area contributed by atoms with Crippen LogP contribution in [-0.4, -0.2) is 30.1 Å². The van der Waals surface area contributed by atoms with Gasteiger partial charge < -0.3 is 20.5 Å². The predicted octanol–water partition coefficient (Wildman–Crippen LogP) is 1.75. The maximum atomic E-state index is 12.1. The van der Waals surface area contributed by atoms with Crippen LogP contribution in [0.3, 0.4) is 0 Å². The average Bonchev–Trinajstić information content (AvgIpc) is 2.59. The predicted molar refractivity (Wildman–Crippen MR) is 86.2 cm³/mol. The third-order valence-electron chi connectivity index (χ3n) is 3.55. The van der Waals surface area contributed by atoms with Crippen LogP contribution in [0.4, 0.5) is 11.4 Å². The van der Waals surface area contributed by atoms with Gasteiger partial charge in [0.05, 0.1) is 11.5 Å². The van der Waals surface area contributed by atoms with Crippen molar-refractivity contribution in [3.8, 4) is 11.5 Å². The number of ether oxygens (including phenoxy) is 2. The molecule has 1 aliphatic rings. The molecule has 2 aromatic rings. The Hall–Kier alpha value is -3.29. The summed E-state index contributed by atoms with van der Waals surface area (Å²) in [5, 5.41) is 13.6. The van der Waals surface area contributed by atoms with Gasteiger partial charge in [-0.1, -0.05) is 12.1 Å². The molecule has 0 spiro atoms. The topological polar surface area (TPSA) is 117 Å². The molecule has 3 N–H and O–H groups in total. The summed E-state index contributed by atoms with van der Waals surface area (Å²) in [6.07, 6.45) is -0.340. The number of rotatable bonds is 4. The second kappa shape index (κ2) is 6.45. The van der Waals surface area contributed by atoms with Gasteiger partial charge in [0.15, 0.2) is 11.5 Å². The number of nitro groups is 1. The summed E-state index contributed by atoms with van der Waals surface area (Å²) in [7, 11) is 0. The zero-order chi connectivity index (χ0) is 17.1. The van der Waals surface area contributed by atoms with Crippen LogP contribution in [0, 0.1) is 10.1 Å². The van der Waals surface area contributed by atoms with Crippen molar-refractivity contribution in [1.82, 2.24) is 5.32 Å². The molecule has 8 nitrogen and oxygen atoms in total. The van der Waals surface area contributed by atoms with E-state index >= 15 is 0 Å². The van der Waals surface area contributed by atoms with Gasteiger partial charge in [-0.3, -0.25) is 14.9 Å². The number of para-hydroxylation sites is 2. The molecule has 0 bridgehead atoms. The minimum absolute atomic E-state index is 0.0113. The summed E-state index contributed by atoms with van der Waals surface area (Å²) in [5.74, 6) is 0.834. The van der Waals surface area contributed by atoms with E-state index in [1.807, 2.05) is 12.1 Å². The number of benzene rings is 2. The fraction of sp³-hybridized carbons (Fsp3) is 0.188. The van der Waals surface area contributed by atoms with Crippen molar-refractivity contribution in [3.63, 3.8) is 0 Å². The van der Waals surface area contributed by atoms with Crippen LogP contribution in [0.15, 0.2) is 42.5 Å². The molecule has 0 aliphatic carbocycles. The first-order chi connectivity index (χ1) is 11.5. The van der Waals surface area contributed by atoms with E-state index in [0.29, 0.717) is 18.1 Å². The van der Waals surface area contributed by atoms with Crippen LogP contribution in [0.2, 0.25) is 0 Å². The van der Waals surface area contributed by atoms with Crippen molar-refractivity contribution in [2.45, 2.75) is 6.10 Å². The SMILES string of the molecule is Nc1ccc(C(=O)NCC2COc3ccccc3O2)cc1[N+](=O)[O-]. The highest BCUT2D eigenvalue weighted by Gasteiger charge is 2.22. The van der Waals surface area contributed by atoms with Gasteiger partial charge in [0.1, 0.15) is 18.4 Å².